The normalized spacial score (nSPS) is 14.1. The van der Waals surface area contributed by atoms with Crippen molar-refractivity contribution in [3.8, 4) is 5.69 Å². The number of benzene rings is 2. The van der Waals surface area contributed by atoms with Gasteiger partial charge in [-0.1, -0.05) is 53.2 Å². The summed E-state index contributed by atoms with van der Waals surface area (Å²) in [6, 6.07) is 21.6. The Labute approximate surface area is 158 Å². The van der Waals surface area contributed by atoms with Crippen molar-refractivity contribution in [3.05, 3.63) is 78.4 Å². The minimum absolute atomic E-state index is 0. The summed E-state index contributed by atoms with van der Waals surface area (Å²) in [5.74, 6) is 1.19. The van der Waals surface area contributed by atoms with Gasteiger partial charge in [0.25, 0.3) is 5.82 Å². The Balaban J connectivity index is 0.000000558. The van der Waals surface area contributed by atoms with Crippen LogP contribution in [0.1, 0.15) is 23.9 Å². The molecule has 0 amide bonds. The lowest BCUT2D eigenvalue weighted by atomic mass is 10.0. The summed E-state index contributed by atoms with van der Waals surface area (Å²) < 4.78 is 33.3. The van der Waals surface area contributed by atoms with Gasteiger partial charge in [-0.3, -0.25) is 12.9 Å². The van der Waals surface area contributed by atoms with E-state index in [0.29, 0.717) is 6.04 Å². The molecule has 0 fully saturated rings. The molecule has 1 aromatic heterocycles. The molecule has 0 saturated heterocycles. The molecule has 0 spiro atoms. The van der Waals surface area contributed by atoms with Crippen LogP contribution in [0.5, 0.6) is 0 Å². The van der Waals surface area contributed by atoms with Gasteiger partial charge in [0.05, 0.1) is 6.04 Å². The van der Waals surface area contributed by atoms with E-state index in [0.717, 1.165) is 18.5 Å². The van der Waals surface area contributed by atoms with Crippen LogP contribution < -0.4 is 9.27 Å². The largest absolute Gasteiger partial charge is 1.00 e. The average Bonchev–Trinajstić information content (AvgIpc) is 3.18. The van der Waals surface area contributed by atoms with E-state index in [-0.39, 0.29) is 13.1 Å². The molecule has 4 rings (SSSR count). The first-order valence-corrected chi connectivity index (χ1v) is 8.15. The zero-order chi connectivity index (χ0) is 17.6. The Hall–Kier alpha value is -2.57. The Bertz CT molecular complexity index is 798. The lowest BCUT2D eigenvalue weighted by Gasteiger charge is -2.08. The SMILES string of the molecule is FB(F)F.[B].[F-].c1ccc(C[C@H]2CCc3nn(-c4ccccc4)c[n+]32)cc1. The van der Waals surface area contributed by atoms with E-state index in [2.05, 4.69) is 53.4 Å². The third kappa shape index (κ3) is 5.98. The van der Waals surface area contributed by atoms with Gasteiger partial charge < -0.3 is 4.70 Å². The fourth-order valence-electron chi connectivity index (χ4n) is 3.10. The van der Waals surface area contributed by atoms with Crippen molar-refractivity contribution in [2.75, 3.05) is 0 Å². The third-order valence-electron chi connectivity index (χ3n) is 4.18. The quantitative estimate of drug-likeness (QED) is 0.370. The van der Waals surface area contributed by atoms with Crippen LogP contribution in [0.15, 0.2) is 67.0 Å². The molecule has 1 atom stereocenters. The Kier molecular flexibility index (Phi) is 8.78. The lowest BCUT2D eigenvalue weighted by molar-refractivity contribution is -0.716. The number of hydrogen-bond donors (Lipinski definition) is 0. The van der Waals surface area contributed by atoms with Gasteiger partial charge in [-0.25, -0.2) is 4.57 Å². The van der Waals surface area contributed by atoms with E-state index >= 15 is 0 Å². The van der Waals surface area contributed by atoms with Gasteiger partial charge in [-0.2, -0.15) is 0 Å². The maximum atomic E-state index is 9.67. The molecule has 0 saturated carbocycles. The standard InChI is InChI=1S/C18H18N3.BF3.B.FH/c1-3-7-15(8-4-1)13-17-11-12-18-19-21(14-20(17)18)16-9-5-2-6-10-16;2-1(3)4;;/h1-10,14,17H,11-13H2;;;1H/q+1;;;/p-1/t17-;;;/m1.../s1. The predicted octanol–water partition coefficient (Wildman–Crippen LogP) is 0.393. The van der Waals surface area contributed by atoms with E-state index in [1.165, 1.54) is 17.8 Å². The molecule has 139 valence electrons. The molecule has 0 aliphatic carbocycles. The fraction of sp³-hybridized carbons (Fsp3) is 0.222. The van der Waals surface area contributed by atoms with Gasteiger partial charge in [-0.05, 0) is 24.1 Å². The second-order valence-corrected chi connectivity index (χ2v) is 5.85. The highest BCUT2D eigenvalue weighted by atomic mass is 19.4. The third-order valence-corrected chi connectivity index (χ3v) is 4.18. The number of para-hydroxylation sites is 1. The highest BCUT2D eigenvalue weighted by molar-refractivity contribution is 6.33. The Morgan fingerprint density at radius 3 is 2.15 bits per heavy atom. The molecule has 0 N–H and O–H groups in total. The summed E-state index contributed by atoms with van der Waals surface area (Å²) in [5, 5.41) is 4.73. The van der Waals surface area contributed by atoms with E-state index in [1.54, 1.807) is 0 Å². The zero-order valence-electron chi connectivity index (χ0n) is 14.6. The van der Waals surface area contributed by atoms with Gasteiger partial charge in [-0.15, -0.1) is 0 Å². The first kappa shape index (κ1) is 22.5. The number of rotatable bonds is 3. The highest BCUT2D eigenvalue weighted by Gasteiger charge is 2.31. The molecule has 1 aliphatic heterocycles. The van der Waals surface area contributed by atoms with Gasteiger partial charge in [0.15, 0.2) is 0 Å². The fourth-order valence-corrected chi connectivity index (χ4v) is 3.10. The van der Waals surface area contributed by atoms with Gasteiger partial charge in [0.2, 0.25) is 6.33 Å². The van der Waals surface area contributed by atoms with Crippen LogP contribution in [-0.2, 0) is 12.8 Å². The van der Waals surface area contributed by atoms with Crippen molar-refractivity contribution >= 4 is 16.0 Å². The maximum Gasteiger partial charge on any atom is 0.762 e. The molecule has 2 heterocycles. The molecule has 3 radical (unpaired) electrons. The van der Waals surface area contributed by atoms with Crippen molar-refractivity contribution in [1.29, 1.82) is 0 Å². The van der Waals surface area contributed by atoms with Crippen molar-refractivity contribution < 1.29 is 22.2 Å². The second-order valence-electron chi connectivity index (χ2n) is 5.85. The van der Waals surface area contributed by atoms with E-state index < -0.39 is 7.54 Å². The zero-order valence-corrected chi connectivity index (χ0v) is 14.6. The molecule has 1 aliphatic rings. The lowest BCUT2D eigenvalue weighted by Crippen LogP contribution is -3.00. The summed E-state index contributed by atoms with van der Waals surface area (Å²) >= 11 is 0. The van der Waals surface area contributed by atoms with Crippen molar-refractivity contribution in [2.45, 2.75) is 25.3 Å². The van der Waals surface area contributed by atoms with Crippen LogP contribution in [0.4, 0.5) is 12.9 Å². The van der Waals surface area contributed by atoms with Crippen molar-refractivity contribution in [3.63, 3.8) is 0 Å². The smallest absolute Gasteiger partial charge is 0.762 e. The molecule has 0 unspecified atom stereocenters. The summed E-state index contributed by atoms with van der Waals surface area (Å²) in [6.45, 7) is 0. The molecule has 2 aromatic carbocycles. The van der Waals surface area contributed by atoms with Crippen LogP contribution >= 0.6 is 0 Å². The van der Waals surface area contributed by atoms with Gasteiger partial charge in [0, 0.05) is 26.4 Å². The van der Waals surface area contributed by atoms with Crippen LogP contribution in [0.25, 0.3) is 5.69 Å². The van der Waals surface area contributed by atoms with Gasteiger partial charge in [0.1, 0.15) is 5.69 Å². The first-order chi connectivity index (χ1) is 12.1. The molecule has 9 heteroatoms. The molecule has 0 bridgehead atoms. The summed E-state index contributed by atoms with van der Waals surface area (Å²) in [4.78, 5) is 0. The monoisotopic (exact) mass is 374 g/mol. The summed E-state index contributed by atoms with van der Waals surface area (Å²) in [6.07, 6.45) is 5.48. The van der Waals surface area contributed by atoms with E-state index in [1.807, 2.05) is 22.9 Å². The van der Waals surface area contributed by atoms with Gasteiger partial charge >= 0.3 is 7.54 Å². The van der Waals surface area contributed by atoms with Crippen molar-refractivity contribution in [1.82, 2.24) is 9.78 Å². The molecule has 3 aromatic rings. The number of aryl methyl sites for hydroxylation is 1. The molecule has 27 heavy (non-hydrogen) atoms. The van der Waals surface area contributed by atoms with Crippen LogP contribution in [0.2, 0.25) is 0 Å². The number of nitrogens with zero attached hydrogens (tertiary/aromatic N) is 3. The Morgan fingerprint density at radius 1 is 1.00 bits per heavy atom. The average molecular weight is 374 g/mol. The second kappa shape index (κ2) is 10.5. The minimum Gasteiger partial charge on any atom is -1.00 e. The number of hydrogen-bond acceptors (Lipinski definition) is 1. The summed E-state index contributed by atoms with van der Waals surface area (Å²) in [5.41, 5.74) is 2.52. The number of halogens is 4. The molecular weight excluding hydrogens is 356 g/mol. The Morgan fingerprint density at radius 2 is 1.56 bits per heavy atom. The van der Waals surface area contributed by atoms with E-state index in [9.17, 15) is 12.9 Å². The first-order valence-electron chi connectivity index (χ1n) is 8.15. The van der Waals surface area contributed by atoms with Crippen molar-refractivity contribution in [2.24, 2.45) is 0 Å². The number of aromatic nitrogens is 3. The summed E-state index contributed by atoms with van der Waals surface area (Å²) in [7, 11) is -3.67. The molecular formula is C18H18B2F4N3. The van der Waals surface area contributed by atoms with Crippen LogP contribution in [0.3, 0.4) is 0 Å². The predicted molar refractivity (Wildman–Crippen MR) is 96.1 cm³/mol. The molecule has 3 nitrogen and oxygen atoms in total. The highest BCUT2D eigenvalue weighted by Crippen LogP contribution is 2.21. The van der Waals surface area contributed by atoms with Crippen LogP contribution in [-0.4, -0.2) is 25.7 Å². The van der Waals surface area contributed by atoms with Crippen LogP contribution in [0, 0.1) is 0 Å². The topological polar surface area (TPSA) is 21.7 Å². The minimum atomic E-state index is -3.67. The van der Waals surface area contributed by atoms with E-state index in [4.69, 9.17) is 5.10 Å². The number of fused-ring (bicyclic) bond motifs is 1. The maximum absolute atomic E-state index is 9.67.